The van der Waals surface area contributed by atoms with Gasteiger partial charge < -0.3 is 30.9 Å². The maximum Gasteiger partial charge on any atom is 0.410 e. The number of nitrogens with zero attached hydrogens (tertiary/aromatic N) is 2. The Morgan fingerprint density at radius 2 is 1.85 bits per heavy atom. The monoisotopic (exact) mass is 569 g/mol. The summed E-state index contributed by atoms with van der Waals surface area (Å²) < 4.78 is 4.71. The maximum absolute atomic E-state index is 13.8. The number of carbonyl (C=O) groups excluding carboxylic acids is 5. The van der Waals surface area contributed by atoms with Crippen LogP contribution in [0.4, 0.5) is 4.79 Å². The molecule has 4 rings (SSSR count). The van der Waals surface area contributed by atoms with Gasteiger partial charge in [-0.25, -0.2) is 4.79 Å². The maximum atomic E-state index is 13.8. The minimum Gasteiger partial charge on any atom is -0.510 e. The van der Waals surface area contributed by atoms with Gasteiger partial charge >= 0.3 is 6.09 Å². The molecule has 1 aromatic carbocycles. The number of allylic oxidation sites excluding steroid dienone is 1. The number of methoxy groups -OCH3 is 1. The van der Waals surface area contributed by atoms with Crippen LogP contribution in [-0.2, 0) is 20.7 Å². The Bertz CT molecular complexity index is 1460. The van der Waals surface area contributed by atoms with E-state index in [9.17, 15) is 44.4 Å². The summed E-state index contributed by atoms with van der Waals surface area (Å²) in [6.07, 6.45) is 0.440. The lowest BCUT2D eigenvalue weighted by Crippen LogP contribution is -2.63. The Morgan fingerprint density at radius 1 is 1.20 bits per heavy atom. The van der Waals surface area contributed by atoms with Crippen LogP contribution >= 0.6 is 0 Å². The van der Waals surface area contributed by atoms with Crippen LogP contribution in [0.1, 0.15) is 32.7 Å². The van der Waals surface area contributed by atoms with Crippen molar-refractivity contribution in [3.05, 3.63) is 64.1 Å². The van der Waals surface area contributed by atoms with Gasteiger partial charge in [0.25, 0.3) is 5.91 Å². The molecule has 0 saturated heterocycles. The van der Waals surface area contributed by atoms with Gasteiger partial charge in [-0.15, -0.1) is 6.58 Å². The van der Waals surface area contributed by atoms with Crippen molar-refractivity contribution < 1.29 is 49.1 Å². The lowest BCUT2D eigenvalue weighted by Gasteiger charge is -2.50. The smallest absolute Gasteiger partial charge is 0.410 e. The van der Waals surface area contributed by atoms with E-state index in [1.165, 1.54) is 31.1 Å². The number of aliphatic hydroxyl groups excluding tert-OH is 2. The van der Waals surface area contributed by atoms with Crippen LogP contribution < -0.4 is 5.73 Å². The fraction of sp³-hybridized carbons (Fsp3) is 0.393. The first-order valence-corrected chi connectivity index (χ1v) is 12.7. The normalized spacial score (nSPS) is 25.3. The second-order valence-corrected chi connectivity index (χ2v) is 10.5. The van der Waals surface area contributed by atoms with E-state index in [0.29, 0.717) is 0 Å². The lowest BCUT2D eigenvalue weighted by molar-refractivity contribution is -0.148. The van der Waals surface area contributed by atoms with Crippen LogP contribution in [0.25, 0.3) is 0 Å². The summed E-state index contributed by atoms with van der Waals surface area (Å²) in [6.45, 7) is 3.15. The second-order valence-electron chi connectivity index (χ2n) is 10.5. The molecule has 0 aliphatic heterocycles. The average Bonchev–Trinajstić information content (AvgIpc) is 2.89. The Balaban J connectivity index is 1.86. The predicted octanol–water partition coefficient (Wildman–Crippen LogP) is 0.558. The molecule has 0 bridgehead atoms. The zero-order chi connectivity index (χ0) is 30.5. The number of hydrogen-bond acceptors (Lipinski definition) is 11. The topological polar surface area (TPSA) is 208 Å². The van der Waals surface area contributed by atoms with Crippen molar-refractivity contribution in [1.82, 2.24) is 9.80 Å². The van der Waals surface area contributed by atoms with E-state index >= 15 is 0 Å². The van der Waals surface area contributed by atoms with Crippen molar-refractivity contribution >= 4 is 29.4 Å². The molecule has 4 atom stereocenters. The SMILES string of the molecule is C=CCN(CC(=O)c1ccc(O)c2c1C[C@H]1C[C@H]3[C@@H](N(C)C)C(O)=C(C(N)=O)C(=O)[C@@]3(O)C(O)=C1C2=O)C(=O)OC. The van der Waals surface area contributed by atoms with Crippen molar-refractivity contribution in [3.8, 4) is 5.75 Å². The van der Waals surface area contributed by atoms with Crippen LogP contribution in [0.5, 0.6) is 5.75 Å². The molecule has 0 unspecified atom stereocenters. The molecule has 13 nitrogen and oxygen atoms in total. The summed E-state index contributed by atoms with van der Waals surface area (Å²) in [5.41, 5.74) is 1.24. The molecule has 218 valence electrons. The number of rotatable bonds is 7. The number of ether oxygens (including phenoxy) is 1. The molecule has 0 heterocycles. The zero-order valence-corrected chi connectivity index (χ0v) is 22.7. The number of likely N-dealkylation sites (N-methyl/N-ethyl adjacent to an activating group) is 1. The zero-order valence-electron chi connectivity index (χ0n) is 22.7. The van der Waals surface area contributed by atoms with Gasteiger partial charge in [0.05, 0.1) is 25.3 Å². The quantitative estimate of drug-likeness (QED) is 0.174. The number of primary amides is 1. The Labute approximate surface area is 234 Å². The molecule has 3 aliphatic rings. The second kappa shape index (κ2) is 10.5. The molecule has 0 fully saturated rings. The third kappa shape index (κ3) is 4.37. The van der Waals surface area contributed by atoms with Crippen molar-refractivity contribution in [1.29, 1.82) is 0 Å². The molecule has 6 N–H and O–H groups in total. The number of hydrogen-bond donors (Lipinski definition) is 5. The number of Topliss-reactive ketones (excluding diaryl/α,β-unsaturated/α-hetero) is 3. The molecule has 2 amide bonds. The number of benzene rings is 1. The lowest BCUT2D eigenvalue weighted by atomic mass is 9.58. The van der Waals surface area contributed by atoms with Crippen LogP contribution in [-0.4, -0.2) is 106 Å². The van der Waals surface area contributed by atoms with Gasteiger partial charge in [0.1, 0.15) is 22.8 Å². The number of aliphatic hydroxyl groups is 3. The van der Waals surface area contributed by atoms with Crippen LogP contribution in [0, 0.1) is 11.8 Å². The average molecular weight is 570 g/mol. The fourth-order valence-corrected chi connectivity index (χ4v) is 6.26. The highest BCUT2D eigenvalue weighted by Gasteiger charge is 2.63. The summed E-state index contributed by atoms with van der Waals surface area (Å²) in [7, 11) is 4.21. The Hall–Kier alpha value is -4.49. The van der Waals surface area contributed by atoms with Crippen molar-refractivity contribution in [2.75, 3.05) is 34.3 Å². The minimum absolute atomic E-state index is 0.00547. The number of amides is 2. The Kier molecular flexibility index (Phi) is 7.54. The van der Waals surface area contributed by atoms with Crippen LogP contribution in [0.3, 0.4) is 0 Å². The summed E-state index contributed by atoms with van der Waals surface area (Å²) in [5, 5.41) is 44.5. The van der Waals surface area contributed by atoms with Gasteiger partial charge in [0, 0.05) is 23.6 Å². The number of phenolic OH excluding ortho intramolecular Hbond substituents is 1. The molecule has 0 radical (unpaired) electrons. The molecule has 1 aromatic rings. The third-order valence-electron chi connectivity index (χ3n) is 8.02. The molecule has 13 heteroatoms. The van der Waals surface area contributed by atoms with E-state index < -0.39 is 82.2 Å². The summed E-state index contributed by atoms with van der Waals surface area (Å²) in [6, 6.07) is 1.30. The van der Waals surface area contributed by atoms with E-state index in [1.807, 2.05) is 0 Å². The fourth-order valence-electron chi connectivity index (χ4n) is 6.26. The third-order valence-corrected chi connectivity index (χ3v) is 8.02. The Morgan fingerprint density at radius 3 is 2.41 bits per heavy atom. The van der Waals surface area contributed by atoms with Gasteiger partial charge in [-0.2, -0.15) is 0 Å². The van der Waals surface area contributed by atoms with Crippen molar-refractivity contribution in [3.63, 3.8) is 0 Å². The molecule has 0 spiro atoms. The number of phenols is 1. The molecule has 0 aromatic heterocycles. The van der Waals surface area contributed by atoms with E-state index in [0.717, 1.165) is 18.1 Å². The summed E-state index contributed by atoms with van der Waals surface area (Å²) in [4.78, 5) is 67.2. The van der Waals surface area contributed by atoms with Crippen molar-refractivity contribution in [2.24, 2.45) is 17.6 Å². The largest absolute Gasteiger partial charge is 0.510 e. The predicted molar refractivity (Wildman–Crippen MR) is 142 cm³/mol. The first-order valence-electron chi connectivity index (χ1n) is 12.7. The van der Waals surface area contributed by atoms with Gasteiger partial charge in [-0.3, -0.25) is 29.0 Å². The van der Waals surface area contributed by atoms with E-state index in [4.69, 9.17) is 10.5 Å². The highest BCUT2D eigenvalue weighted by molar-refractivity contribution is 6.25. The van der Waals surface area contributed by atoms with E-state index in [2.05, 4.69) is 6.58 Å². The summed E-state index contributed by atoms with van der Waals surface area (Å²) >= 11 is 0. The summed E-state index contributed by atoms with van der Waals surface area (Å²) in [5.74, 6) is -8.37. The molecule has 0 saturated carbocycles. The highest BCUT2D eigenvalue weighted by Crippen LogP contribution is 2.52. The van der Waals surface area contributed by atoms with Gasteiger partial charge in [0.15, 0.2) is 17.2 Å². The number of ketones is 3. The van der Waals surface area contributed by atoms with E-state index in [1.54, 1.807) is 0 Å². The first-order chi connectivity index (χ1) is 19.2. The molecule has 41 heavy (non-hydrogen) atoms. The number of aromatic hydroxyl groups is 1. The van der Waals surface area contributed by atoms with Gasteiger partial charge in [0.2, 0.25) is 5.78 Å². The van der Waals surface area contributed by atoms with Crippen LogP contribution in [0.2, 0.25) is 0 Å². The number of fused-ring (bicyclic) bond motifs is 3. The highest BCUT2D eigenvalue weighted by atomic mass is 16.5. The van der Waals surface area contributed by atoms with Crippen molar-refractivity contribution in [2.45, 2.75) is 24.5 Å². The minimum atomic E-state index is -2.76. The first kappa shape index (κ1) is 29.5. The number of nitrogens with two attached hydrogens (primary N) is 1. The standard InChI is InChI=1S/C28H31N3O10/c1-5-8-31(27(39)41-4)11-17(33)13-6-7-16(32)19-14(13)9-12-10-15-21(30(2)3)23(35)20(26(29)38)25(37)28(15,40)24(36)18(12)22(19)34/h5-7,12,15,21,32,35-36,40H,1,8-11H2,2-4H3,(H2,29,38)/t12-,15-,21+,28-/m0/s1. The molecular formula is C28H31N3O10. The van der Waals surface area contributed by atoms with E-state index in [-0.39, 0.29) is 41.6 Å². The molecular weight excluding hydrogens is 538 g/mol. The van der Waals surface area contributed by atoms with Gasteiger partial charge in [-0.1, -0.05) is 6.08 Å². The number of carbonyl (C=O) groups is 5. The van der Waals surface area contributed by atoms with Crippen LogP contribution in [0.15, 0.2) is 47.5 Å². The molecule has 3 aliphatic carbocycles. The van der Waals surface area contributed by atoms with Gasteiger partial charge in [-0.05, 0) is 50.6 Å².